The van der Waals surface area contributed by atoms with E-state index in [2.05, 4.69) is 24.3 Å². The number of rotatable bonds is 7. The standard InChI is InChI=1S/C31H31ClN4O3/c1-21(2)22-12-14-27(15-13-22)39-28-20-33-36(26-11-7-9-24(32)19-26)31(38)29(28)34-25-10-6-8-23(18-25)30(37)35-16-4-3-5-17-35/h6-15,18-21,34H,3-5,16-17H2,1-2H3. The maximum Gasteiger partial charge on any atom is 0.299 e. The molecule has 3 aromatic carbocycles. The van der Waals surface area contributed by atoms with E-state index in [0.29, 0.717) is 33.6 Å². The zero-order valence-corrected chi connectivity index (χ0v) is 22.8. The molecular formula is C31H31ClN4O3. The van der Waals surface area contributed by atoms with Gasteiger partial charge >= 0.3 is 0 Å². The molecule has 1 aliphatic rings. The molecule has 5 rings (SSSR count). The summed E-state index contributed by atoms with van der Waals surface area (Å²) < 4.78 is 7.41. The maximum absolute atomic E-state index is 13.7. The van der Waals surface area contributed by atoms with Crippen LogP contribution in [0.1, 0.15) is 54.9 Å². The number of anilines is 2. The van der Waals surface area contributed by atoms with Gasteiger partial charge in [0.1, 0.15) is 5.75 Å². The van der Waals surface area contributed by atoms with Gasteiger partial charge in [0.05, 0.1) is 11.9 Å². The van der Waals surface area contributed by atoms with Crippen molar-refractivity contribution < 1.29 is 9.53 Å². The normalized spacial score (nSPS) is 13.4. The van der Waals surface area contributed by atoms with Crippen LogP contribution in [0.3, 0.4) is 0 Å². The van der Waals surface area contributed by atoms with E-state index < -0.39 is 5.56 Å². The molecule has 1 saturated heterocycles. The molecule has 1 fully saturated rings. The number of likely N-dealkylation sites (tertiary alicyclic amines) is 1. The molecular weight excluding hydrogens is 512 g/mol. The van der Waals surface area contributed by atoms with Crippen LogP contribution < -0.4 is 15.6 Å². The van der Waals surface area contributed by atoms with Gasteiger partial charge in [-0.15, -0.1) is 0 Å². The number of piperidine rings is 1. The minimum Gasteiger partial charge on any atom is -0.453 e. The van der Waals surface area contributed by atoms with Gasteiger partial charge in [-0.25, -0.2) is 0 Å². The number of carbonyl (C=O) groups excluding carboxylic acids is 1. The molecule has 1 amide bonds. The third-order valence-corrected chi connectivity index (χ3v) is 7.03. The SMILES string of the molecule is CC(C)c1ccc(Oc2cnn(-c3cccc(Cl)c3)c(=O)c2Nc2cccc(C(=O)N3CCCCC3)c2)cc1. The summed E-state index contributed by atoms with van der Waals surface area (Å²) in [5, 5.41) is 8.06. The predicted octanol–water partition coefficient (Wildman–Crippen LogP) is 7.17. The average molecular weight is 543 g/mol. The number of ether oxygens (including phenoxy) is 1. The van der Waals surface area contributed by atoms with Crippen molar-refractivity contribution in [3.8, 4) is 17.2 Å². The van der Waals surface area contributed by atoms with Crippen molar-refractivity contribution >= 4 is 28.9 Å². The van der Waals surface area contributed by atoms with Gasteiger partial charge in [-0.2, -0.15) is 9.78 Å². The summed E-state index contributed by atoms with van der Waals surface area (Å²) in [6.45, 7) is 5.78. The molecule has 0 saturated carbocycles. The van der Waals surface area contributed by atoms with E-state index in [1.807, 2.05) is 35.2 Å². The first-order valence-corrected chi connectivity index (χ1v) is 13.6. The lowest BCUT2D eigenvalue weighted by Crippen LogP contribution is -2.35. The fraction of sp³-hybridized carbons (Fsp3) is 0.258. The summed E-state index contributed by atoms with van der Waals surface area (Å²) >= 11 is 6.18. The summed E-state index contributed by atoms with van der Waals surface area (Å²) in [6.07, 6.45) is 4.68. The Hall–Kier alpha value is -4.10. The van der Waals surface area contributed by atoms with Crippen LogP contribution in [0.15, 0.2) is 83.8 Å². The van der Waals surface area contributed by atoms with Crippen LogP contribution in [0.5, 0.6) is 11.5 Å². The first-order chi connectivity index (χ1) is 18.9. The quantitative estimate of drug-likeness (QED) is 0.268. The highest BCUT2D eigenvalue weighted by molar-refractivity contribution is 6.30. The third kappa shape index (κ3) is 6.15. The highest BCUT2D eigenvalue weighted by atomic mass is 35.5. The van der Waals surface area contributed by atoms with Gasteiger partial charge in [0.15, 0.2) is 11.4 Å². The smallest absolute Gasteiger partial charge is 0.299 e. The van der Waals surface area contributed by atoms with E-state index in [4.69, 9.17) is 16.3 Å². The van der Waals surface area contributed by atoms with Gasteiger partial charge in [0.25, 0.3) is 11.5 Å². The Bertz CT molecular complexity index is 1530. The Morgan fingerprint density at radius 2 is 1.72 bits per heavy atom. The van der Waals surface area contributed by atoms with Gasteiger partial charge in [-0.3, -0.25) is 9.59 Å². The van der Waals surface area contributed by atoms with Gasteiger partial charge < -0.3 is 15.0 Å². The molecule has 39 heavy (non-hydrogen) atoms. The number of hydrogen-bond acceptors (Lipinski definition) is 5. The molecule has 1 N–H and O–H groups in total. The van der Waals surface area contributed by atoms with E-state index in [-0.39, 0.29) is 17.3 Å². The molecule has 0 atom stereocenters. The average Bonchev–Trinajstić information content (AvgIpc) is 2.95. The number of aromatic nitrogens is 2. The van der Waals surface area contributed by atoms with Crippen molar-refractivity contribution in [3.63, 3.8) is 0 Å². The van der Waals surface area contributed by atoms with E-state index in [0.717, 1.165) is 32.4 Å². The number of nitrogens with one attached hydrogen (secondary N) is 1. The van der Waals surface area contributed by atoms with Crippen molar-refractivity contribution in [2.45, 2.75) is 39.0 Å². The number of hydrogen-bond donors (Lipinski definition) is 1. The maximum atomic E-state index is 13.7. The number of halogens is 1. The minimum absolute atomic E-state index is 0.00821. The second-order valence-electron chi connectivity index (χ2n) is 9.97. The van der Waals surface area contributed by atoms with Crippen LogP contribution in [0.2, 0.25) is 5.02 Å². The highest BCUT2D eigenvalue weighted by Crippen LogP contribution is 2.30. The summed E-state index contributed by atoms with van der Waals surface area (Å²) in [4.78, 5) is 28.7. The molecule has 4 aromatic rings. The molecule has 8 heteroatoms. The van der Waals surface area contributed by atoms with Crippen LogP contribution in [0.4, 0.5) is 11.4 Å². The van der Waals surface area contributed by atoms with Crippen LogP contribution in [-0.4, -0.2) is 33.7 Å². The molecule has 1 aromatic heterocycles. The van der Waals surface area contributed by atoms with Gasteiger partial charge in [-0.05, 0) is 79.3 Å². The molecule has 0 spiro atoms. The Labute approximate surface area is 233 Å². The zero-order chi connectivity index (χ0) is 27.4. The Kier molecular flexibility index (Phi) is 7.98. The summed E-state index contributed by atoms with van der Waals surface area (Å²) in [5.74, 6) is 1.23. The van der Waals surface area contributed by atoms with Crippen molar-refractivity contribution in [1.29, 1.82) is 0 Å². The van der Waals surface area contributed by atoms with Crippen LogP contribution in [-0.2, 0) is 0 Å². The van der Waals surface area contributed by atoms with Crippen LogP contribution in [0.25, 0.3) is 5.69 Å². The van der Waals surface area contributed by atoms with Crippen LogP contribution >= 0.6 is 11.6 Å². The number of carbonyl (C=O) groups is 1. The molecule has 0 unspecified atom stereocenters. The second kappa shape index (κ2) is 11.7. The number of nitrogens with zero attached hydrogens (tertiary/aromatic N) is 3. The second-order valence-corrected chi connectivity index (χ2v) is 10.4. The monoisotopic (exact) mass is 542 g/mol. The van der Waals surface area contributed by atoms with Gasteiger partial charge in [-0.1, -0.05) is 49.7 Å². The lowest BCUT2D eigenvalue weighted by Gasteiger charge is -2.26. The molecule has 2 heterocycles. The molecule has 0 radical (unpaired) electrons. The van der Waals surface area contributed by atoms with Crippen molar-refractivity contribution in [3.05, 3.63) is 105 Å². The molecule has 0 aliphatic carbocycles. The van der Waals surface area contributed by atoms with E-state index >= 15 is 0 Å². The fourth-order valence-electron chi connectivity index (χ4n) is 4.62. The lowest BCUT2D eigenvalue weighted by molar-refractivity contribution is 0.0724. The topological polar surface area (TPSA) is 76.5 Å². The summed E-state index contributed by atoms with van der Waals surface area (Å²) in [7, 11) is 0. The molecule has 0 bridgehead atoms. The van der Waals surface area contributed by atoms with Gasteiger partial charge in [0.2, 0.25) is 0 Å². The fourth-order valence-corrected chi connectivity index (χ4v) is 4.81. The molecule has 1 aliphatic heterocycles. The summed E-state index contributed by atoms with van der Waals surface area (Å²) in [5.41, 5.74) is 2.65. The van der Waals surface area contributed by atoms with Crippen LogP contribution in [0, 0.1) is 0 Å². The zero-order valence-electron chi connectivity index (χ0n) is 22.1. The lowest BCUT2D eigenvalue weighted by atomic mass is 10.0. The number of benzene rings is 3. The first kappa shape index (κ1) is 26.5. The van der Waals surface area contributed by atoms with Crippen molar-refractivity contribution in [2.24, 2.45) is 0 Å². The van der Waals surface area contributed by atoms with E-state index in [1.165, 1.54) is 16.4 Å². The Morgan fingerprint density at radius 3 is 2.44 bits per heavy atom. The highest BCUT2D eigenvalue weighted by Gasteiger charge is 2.20. The number of amides is 1. The van der Waals surface area contributed by atoms with Crippen molar-refractivity contribution in [2.75, 3.05) is 18.4 Å². The van der Waals surface area contributed by atoms with E-state index in [9.17, 15) is 9.59 Å². The third-order valence-electron chi connectivity index (χ3n) is 6.79. The first-order valence-electron chi connectivity index (χ1n) is 13.2. The minimum atomic E-state index is -0.415. The Morgan fingerprint density at radius 1 is 0.974 bits per heavy atom. The molecule has 7 nitrogen and oxygen atoms in total. The molecule has 200 valence electrons. The largest absolute Gasteiger partial charge is 0.453 e. The predicted molar refractivity (Wildman–Crippen MR) is 155 cm³/mol. The van der Waals surface area contributed by atoms with E-state index in [1.54, 1.807) is 42.5 Å². The van der Waals surface area contributed by atoms with Crippen molar-refractivity contribution in [1.82, 2.24) is 14.7 Å². The summed E-state index contributed by atoms with van der Waals surface area (Å²) in [6, 6.07) is 21.9. The Balaban J connectivity index is 1.51. The van der Waals surface area contributed by atoms with Gasteiger partial charge in [0, 0.05) is 29.4 Å².